The Bertz CT molecular complexity index is 1990. The first-order valence-electron chi connectivity index (χ1n) is 29.0. The van der Waals surface area contributed by atoms with Crippen molar-refractivity contribution in [2.75, 3.05) is 26.2 Å². The van der Waals surface area contributed by atoms with Gasteiger partial charge in [0.05, 0.1) is 79.6 Å². The number of nitrogens with zero attached hydrogens (tertiary/aromatic N) is 1. The summed E-state index contributed by atoms with van der Waals surface area (Å²) in [6.45, 7) is 8.34. The third kappa shape index (κ3) is 26.1. The van der Waals surface area contributed by atoms with Gasteiger partial charge in [0.2, 0.25) is 0 Å². The number of carbonyl (C=O) groups is 2. The maximum Gasteiger partial charge on any atom is 0.311 e. The number of allylic oxidation sites excluding steroid dienone is 12. The predicted molar refractivity (Wildman–Crippen MR) is 306 cm³/mol. The molecule has 22 nitrogen and oxygen atoms in total. The molecule has 2 unspecified atom stereocenters. The summed E-state index contributed by atoms with van der Waals surface area (Å²) in [4.78, 5) is 27.4. The molecule has 0 radical (unpaired) electrons. The number of unbranched alkanes of at least 4 members (excludes halogenated alkanes) is 2. The van der Waals surface area contributed by atoms with Crippen LogP contribution in [0.5, 0.6) is 0 Å². The number of hydrogen-bond acceptors (Lipinski definition) is 21. The van der Waals surface area contributed by atoms with E-state index in [0.29, 0.717) is 25.9 Å². The van der Waals surface area contributed by atoms with E-state index in [1.165, 1.54) is 0 Å². The second-order valence-corrected chi connectivity index (χ2v) is 22.5. The van der Waals surface area contributed by atoms with Crippen molar-refractivity contribution in [2.24, 2.45) is 40.7 Å². The molecule has 19 N–H and O–H groups in total. The molecule has 464 valence electrons. The number of fused-ring (bicyclic) bond motifs is 2. The van der Waals surface area contributed by atoms with Gasteiger partial charge < -0.3 is 98.1 Å². The topological polar surface area (TPSA) is 401 Å². The summed E-state index contributed by atoms with van der Waals surface area (Å²) in [5, 5.41) is 123. The Balaban J connectivity index is 2.00. The van der Waals surface area contributed by atoms with E-state index in [-0.39, 0.29) is 56.8 Å². The fraction of sp³-hybridized carbons (Fsp3) is 0.729. The van der Waals surface area contributed by atoms with Crippen molar-refractivity contribution in [3.8, 4) is 0 Å². The Kier molecular flexibility index (Phi) is 33.3. The smallest absolute Gasteiger partial charge is 0.311 e. The molecule has 3 rings (SSSR count). The molecule has 0 aromatic heterocycles. The SMILES string of the molecule is C[C@@H]1[C@H](O)[C@@H](C)/C=C/C=C/C=C/C=C/C=C/C=C/C=C/[C@H](O[C@@H]2O[C@H](C)[C@@H](O)[C@H](N(CC(N)CCCCN)CC(N)CCCCN)[C@@H]2O)C[C@@H]2O[C@](O)(C[C@@H](O)C[C@@H](O)[C@H](O)CC[C@@H](O)C[C@@H](O)CC(=O)O[C@H]1C)C[C@H](O)[C@H]2C(=O)O. The van der Waals surface area contributed by atoms with E-state index >= 15 is 0 Å². The van der Waals surface area contributed by atoms with Gasteiger partial charge in [-0.05, 0) is 71.9 Å². The third-order valence-corrected chi connectivity index (χ3v) is 15.4. The number of ether oxygens (including phenoxy) is 4. The van der Waals surface area contributed by atoms with Crippen LogP contribution >= 0.6 is 0 Å². The Morgan fingerprint density at radius 1 is 0.654 bits per heavy atom. The molecule has 3 aliphatic rings. The highest BCUT2D eigenvalue weighted by atomic mass is 16.7. The standard InChI is InChI=1S/C59H101N5O17/c1-37-21-15-13-11-9-7-5-6-8-10-12-14-16-24-46(80-58-56(74)53(55(73)40(4)79-58)64(35-41(62)22-17-19-27-60)36-42(63)23-18-20-28-61)32-50-52(57(75)76)49(70)34-59(77,81-50)33-45(67)30-48(69)47(68)26-25-43(65)29-44(66)31-51(71)78-39(3)38(2)54(37)72/h5-16,21,24,37-50,52-56,58,65-70,72-74,77H,17-20,22-23,25-36,60-63H2,1-4H3,(H,75,76)/b6-5+,9-7+,10-8+,13-11+,14-12+,21-15+,24-16+/t37-,38-,39-,40+,41?,42?,43+,44+,45-,46-,47+,48+,49-,50-,52+,53-,54+,55+,56-,58-,59+/m0/s1. The molecule has 0 aliphatic carbocycles. The number of esters is 1. The molecule has 3 aliphatic heterocycles. The summed E-state index contributed by atoms with van der Waals surface area (Å²) in [6, 6.07) is -1.74. The number of aliphatic hydroxyl groups excluding tert-OH is 9. The van der Waals surface area contributed by atoms with Gasteiger partial charge in [-0.25, -0.2) is 0 Å². The van der Waals surface area contributed by atoms with Gasteiger partial charge in [0.15, 0.2) is 12.1 Å². The van der Waals surface area contributed by atoms with Crippen molar-refractivity contribution in [2.45, 2.75) is 227 Å². The summed E-state index contributed by atoms with van der Waals surface area (Å²) in [5.74, 6) is -6.96. The molecular formula is C59H101N5O17. The average Bonchev–Trinajstić information content (AvgIpc) is 3.45. The summed E-state index contributed by atoms with van der Waals surface area (Å²) in [7, 11) is 0. The number of carboxylic acids is 1. The van der Waals surface area contributed by atoms with Gasteiger partial charge in [0.1, 0.15) is 18.1 Å². The molecule has 2 bridgehead atoms. The highest BCUT2D eigenvalue weighted by molar-refractivity contribution is 5.71. The lowest BCUT2D eigenvalue weighted by Gasteiger charge is -2.48. The van der Waals surface area contributed by atoms with Crippen molar-refractivity contribution >= 4 is 11.9 Å². The highest BCUT2D eigenvalue weighted by Crippen LogP contribution is 2.38. The minimum Gasteiger partial charge on any atom is -0.481 e. The molecule has 0 aromatic rings. The zero-order chi connectivity index (χ0) is 60.2. The fourth-order valence-corrected chi connectivity index (χ4v) is 10.6. The van der Waals surface area contributed by atoms with Crippen LogP contribution in [0.25, 0.3) is 0 Å². The van der Waals surface area contributed by atoms with Gasteiger partial charge >= 0.3 is 11.9 Å². The lowest BCUT2D eigenvalue weighted by Crippen LogP contribution is -2.66. The number of cyclic esters (lactones) is 1. The predicted octanol–water partition coefficient (Wildman–Crippen LogP) is 0.968. The van der Waals surface area contributed by atoms with Gasteiger partial charge in [-0.3, -0.25) is 14.5 Å². The zero-order valence-corrected chi connectivity index (χ0v) is 48.0. The van der Waals surface area contributed by atoms with E-state index in [0.717, 1.165) is 25.7 Å². The van der Waals surface area contributed by atoms with Crippen LogP contribution in [0.4, 0.5) is 0 Å². The Morgan fingerprint density at radius 3 is 1.74 bits per heavy atom. The lowest BCUT2D eigenvalue weighted by atomic mass is 9.82. The quantitative estimate of drug-likeness (QED) is 0.0756. The monoisotopic (exact) mass is 1150 g/mol. The van der Waals surface area contributed by atoms with E-state index in [1.54, 1.807) is 81.5 Å². The Labute approximate surface area is 479 Å². The second-order valence-electron chi connectivity index (χ2n) is 22.5. The van der Waals surface area contributed by atoms with Crippen LogP contribution < -0.4 is 22.9 Å². The summed E-state index contributed by atoms with van der Waals surface area (Å²) < 4.78 is 24.2. The normalized spacial score (nSPS) is 39.8. The molecular weight excluding hydrogens is 1050 g/mol. The first kappa shape index (κ1) is 71.7. The lowest BCUT2D eigenvalue weighted by molar-refractivity contribution is -0.312. The molecule has 0 spiro atoms. The molecule has 0 saturated carbocycles. The zero-order valence-electron chi connectivity index (χ0n) is 48.0. The number of hydrogen-bond donors (Lipinski definition) is 15. The summed E-state index contributed by atoms with van der Waals surface area (Å²) in [6.07, 6.45) is 7.35. The highest BCUT2D eigenvalue weighted by Gasteiger charge is 2.52. The van der Waals surface area contributed by atoms with Crippen molar-refractivity contribution in [3.63, 3.8) is 0 Å². The molecule has 0 aromatic carbocycles. The van der Waals surface area contributed by atoms with Crippen molar-refractivity contribution in [1.29, 1.82) is 0 Å². The third-order valence-electron chi connectivity index (χ3n) is 15.4. The number of carboxylic acid groups (broad SMARTS) is 1. The Hall–Kier alpha value is -3.60. The van der Waals surface area contributed by atoms with Crippen LogP contribution in [-0.4, -0.2) is 209 Å². The van der Waals surface area contributed by atoms with E-state index in [2.05, 4.69) is 0 Å². The van der Waals surface area contributed by atoms with E-state index in [1.807, 2.05) is 36.1 Å². The van der Waals surface area contributed by atoms with Gasteiger partial charge in [-0.15, -0.1) is 0 Å². The first-order valence-corrected chi connectivity index (χ1v) is 29.0. The van der Waals surface area contributed by atoms with Crippen LogP contribution in [0, 0.1) is 17.8 Å². The summed E-state index contributed by atoms with van der Waals surface area (Å²) >= 11 is 0. The van der Waals surface area contributed by atoms with E-state index in [9.17, 15) is 65.8 Å². The van der Waals surface area contributed by atoms with Gasteiger partial charge in [0.25, 0.3) is 0 Å². The van der Waals surface area contributed by atoms with Crippen LogP contribution in [0.1, 0.15) is 118 Å². The molecule has 2 fully saturated rings. The van der Waals surface area contributed by atoms with E-state index < -0.39 is 147 Å². The first-order chi connectivity index (χ1) is 38.4. The van der Waals surface area contributed by atoms with Crippen molar-refractivity contribution < 1.29 is 84.7 Å². The summed E-state index contributed by atoms with van der Waals surface area (Å²) in [5.41, 5.74) is 24.8. The number of carbonyl (C=O) groups excluding carboxylic acids is 1. The van der Waals surface area contributed by atoms with Crippen LogP contribution in [0.3, 0.4) is 0 Å². The van der Waals surface area contributed by atoms with Crippen LogP contribution in [0.15, 0.2) is 85.1 Å². The largest absolute Gasteiger partial charge is 0.481 e. The number of aliphatic carboxylic acids is 1. The van der Waals surface area contributed by atoms with Crippen LogP contribution in [0.2, 0.25) is 0 Å². The van der Waals surface area contributed by atoms with E-state index in [4.69, 9.17) is 41.9 Å². The fourth-order valence-electron chi connectivity index (χ4n) is 10.6. The minimum absolute atomic E-state index is 0.120. The van der Waals surface area contributed by atoms with Crippen LogP contribution in [-0.2, 0) is 28.5 Å². The molecule has 81 heavy (non-hydrogen) atoms. The van der Waals surface area contributed by atoms with Gasteiger partial charge in [-0.2, -0.15) is 0 Å². The maximum absolute atomic E-state index is 12.9. The van der Waals surface area contributed by atoms with Gasteiger partial charge in [0, 0.05) is 62.7 Å². The molecule has 21 atom stereocenters. The maximum atomic E-state index is 12.9. The number of rotatable bonds is 16. The molecule has 2 saturated heterocycles. The van der Waals surface area contributed by atoms with Gasteiger partial charge in [-0.1, -0.05) is 112 Å². The second kappa shape index (κ2) is 37.7. The van der Waals surface area contributed by atoms with Crippen molar-refractivity contribution in [3.05, 3.63) is 85.1 Å². The minimum atomic E-state index is -2.37. The number of aliphatic hydroxyl groups is 10. The molecule has 3 heterocycles. The average molecular weight is 1150 g/mol. The Morgan fingerprint density at radius 2 is 1.20 bits per heavy atom. The number of nitrogens with two attached hydrogens (primary N) is 4. The van der Waals surface area contributed by atoms with Crippen molar-refractivity contribution in [1.82, 2.24) is 4.90 Å². The molecule has 22 heteroatoms. The molecule has 0 amide bonds.